The molecular weight excluding hydrogens is 305 g/mol. The summed E-state index contributed by atoms with van der Waals surface area (Å²) in [7, 11) is 0. The molecule has 0 aliphatic rings. The summed E-state index contributed by atoms with van der Waals surface area (Å²) in [6.45, 7) is 0. The van der Waals surface area contributed by atoms with E-state index in [9.17, 15) is 30.9 Å². The molecule has 0 unspecified atom stereocenters. The second-order valence-electron chi connectivity index (χ2n) is 4.03. The van der Waals surface area contributed by atoms with Crippen molar-refractivity contribution < 1.29 is 35.8 Å². The van der Waals surface area contributed by atoms with Crippen LogP contribution in [0.2, 0.25) is 0 Å². The Morgan fingerprint density at radius 2 is 1.38 bits per heavy atom. The fourth-order valence-corrected chi connectivity index (χ4v) is 1.78. The summed E-state index contributed by atoms with van der Waals surface area (Å²) in [5.41, 5.74) is -2.92. The van der Waals surface area contributed by atoms with E-state index in [1.807, 2.05) is 0 Å². The van der Waals surface area contributed by atoms with Gasteiger partial charge in [0.25, 0.3) is 0 Å². The SMILES string of the molecule is FOc1ccc(-c2cc(F)c(C(F)(F)F)c(F)c2)c(F)c1. The van der Waals surface area contributed by atoms with E-state index in [2.05, 4.69) is 4.94 Å². The van der Waals surface area contributed by atoms with Crippen molar-refractivity contribution in [2.24, 2.45) is 0 Å². The lowest BCUT2D eigenvalue weighted by Gasteiger charge is -2.11. The third-order valence-electron chi connectivity index (χ3n) is 2.67. The lowest BCUT2D eigenvalue weighted by molar-refractivity contribution is -0.142. The van der Waals surface area contributed by atoms with Crippen molar-refractivity contribution in [1.29, 1.82) is 0 Å². The van der Waals surface area contributed by atoms with Crippen molar-refractivity contribution >= 4 is 0 Å². The molecule has 0 aliphatic carbocycles. The molecule has 2 aromatic rings. The maximum Gasteiger partial charge on any atom is 0.422 e. The molecule has 0 N–H and O–H groups in total. The van der Waals surface area contributed by atoms with Crippen LogP contribution < -0.4 is 4.94 Å². The molecule has 0 aliphatic heterocycles. The summed E-state index contributed by atoms with van der Waals surface area (Å²) in [4.78, 5) is 3.26. The van der Waals surface area contributed by atoms with Crippen LogP contribution in [0.4, 0.5) is 30.9 Å². The van der Waals surface area contributed by atoms with Crippen LogP contribution >= 0.6 is 0 Å². The third kappa shape index (κ3) is 2.93. The quantitative estimate of drug-likeness (QED) is 0.705. The van der Waals surface area contributed by atoms with E-state index in [-0.39, 0.29) is 0 Å². The van der Waals surface area contributed by atoms with Crippen molar-refractivity contribution in [3.05, 3.63) is 53.3 Å². The summed E-state index contributed by atoms with van der Waals surface area (Å²) >= 11 is 0. The standard InChI is InChI=1S/C13H5F7O/c14-9-5-7(21-20)1-2-8(9)6-3-10(15)12(11(16)4-6)13(17,18)19/h1-5H. The number of halogens is 7. The molecule has 8 heteroatoms. The molecule has 0 bridgehead atoms. The topological polar surface area (TPSA) is 9.23 Å². The summed E-state index contributed by atoms with van der Waals surface area (Å²) < 4.78 is 89.5. The Bertz CT molecular complexity index is 656. The minimum atomic E-state index is -5.21. The summed E-state index contributed by atoms with van der Waals surface area (Å²) in [6.07, 6.45) is -5.21. The molecule has 112 valence electrons. The molecule has 0 radical (unpaired) electrons. The summed E-state index contributed by atoms with van der Waals surface area (Å²) in [6, 6.07) is 3.15. The van der Waals surface area contributed by atoms with E-state index in [4.69, 9.17) is 0 Å². The number of hydrogen-bond acceptors (Lipinski definition) is 1. The molecule has 0 saturated carbocycles. The fraction of sp³-hybridized carbons (Fsp3) is 0.0769. The third-order valence-corrected chi connectivity index (χ3v) is 2.67. The Kier molecular flexibility index (Phi) is 3.80. The molecule has 0 amide bonds. The zero-order chi connectivity index (χ0) is 15.8. The van der Waals surface area contributed by atoms with E-state index >= 15 is 0 Å². The summed E-state index contributed by atoms with van der Waals surface area (Å²) in [5.74, 6) is -5.35. The van der Waals surface area contributed by atoms with Crippen LogP contribution in [-0.4, -0.2) is 0 Å². The van der Waals surface area contributed by atoms with Gasteiger partial charge in [0.15, 0.2) is 5.75 Å². The van der Waals surface area contributed by atoms with Gasteiger partial charge in [-0.15, -0.1) is 0 Å². The minimum absolute atomic E-state index is 0.348. The van der Waals surface area contributed by atoms with Gasteiger partial charge in [-0.3, -0.25) is 4.94 Å². The van der Waals surface area contributed by atoms with Gasteiger partial charge in [0, 0.05) is 16.2 Å². The lowest BCUT2D eigenvalue weighted by atomic mass is 10.0. The second kappa shape index (κ2) is 5.27. The van der Waals surface area contributed by atoms with Crippen molar-refractivity contribution in [3.8, 4) is 16.9 Å². The highest BCUT2D eigenvalue weighted by Crippen LogP contribution is 2.36. The van der Waals surface area contributed by atoms with E-state index in [1.54, 1.807) is 0 Å². The smallest absolute Gasteiger partial charge is 0.294 e. The zero-order valence-electron chi connectivity index (χ0n) is 9.94. The van der Waals surface area contributed by atoms with Gasteiger partial charge in [-0.1, -0.05) is 0 Å². The predicted octanol–water partition coefficient (Wildman–Crippen LogP) is 5.05. The van der Waals surface area contributed by atoms with Crippen LogP contribution in [0.25, 0.3) is 11.1 Å². The average Bonchev–Trinajstić information content (AvgIpc) is 2.35. The first-order chi connectivity index (χ1) is 9.74. The number of benzene rings is 2. The molecular formula is C13H5F7O. The molecule has 21 heavy (non-hydrogen) atoms. The lowest BCUT2D eigenvalue weighted by Crippen LogP contribution is -2.11. The molecule has 0 atom stereocenters. The van der Waals surface area contributed by atoms with E-state index in [1.165, 1.54) is 0 Å². The van der Waals surface area contributed by atoms with Crippen LogP contribution in [0.5, 0.6) is 5.75 Å². The van der Waals surface area contributed by atoms with Crippen LogP contribution in [0.3, 0.4) is 0 Å². The predicted molar refractivity (Wildman–Crippen MR) is 58.5 cm³/mol. The van der Waals surface area contributed by atoms with Gasteiger partial charge in [-0.25, -0.2) is 13.2 Å². The van der Waals surface area contributed by atoms with Gasteiger partial charge >= 0.3 is 6.18 Å². The molecule has 0 saturated heterocycles. The molecule has 2 aromatic carbocycles. The van der Waals surface area contributed by atoms with Crippen LogP contribution in [0, 0.1) is 17.5 Å². The monoisotopic (exact) mass is 310 g/mol. The van der Waals surface area contributed by atoms with Gasteiger partial charge in [0.1, 0.15) is 23.0 Å². The Morgan fingerprint density at radius 1 is 0.810 bits per heavy atom. The first-order valence-corrected chi connectivity index (χ1v) is 5.39. The summed E-state index contributed by atoms with van der Waals surface area (Å²) in [5, 5.41) is 0. The maximum absolute atomic E-state index is 13.6. The van der Waals surface area contributed by atoms with E-state index < -0.39 is 46.1 Å². The van der Waals surface area contributed by atoms with Crippen LogP contribution in [0.1, 0.15) is 5.56 Å². The molecule has 2 rings (SSSR count). The average molecular weight is 310 g/mol. The normalized spacial score (nSPS) is 11.6. The highest BCUT2D eigenvalue weighted by atomic mass is 19.4. The van der Waals surface area contributed by atoms with E-state index in [0.717, 1.165) is 12.1 Å². The Balaban J connectivity index is 2.57. The fourth-order valence-electron chi connectivity index (χ4n) is 1.78. The second-order valence-corrected chi connectivity index (χ2v) is 4.03. The largest absolute Gasteiger partial charge is 0.422 e. The number of hydrogen-bond donors (Lipinski definition) is 0. The zero-order valence-corrected chi connectivity index (χ0v) is 9.94. The Morgan fingerprint density at radius 3 is 1.81 bits per heavy atom. The van der Waals surface area contributed by atoms with E-state index in [0.29, 0.717) is 18.2 Å². The maximum atomic E-state index is 13.6. The first kappa shape index (κ1) is 15.1. The van der Waals surface area contributed by atoms with Crippen molar-refractivity contribution in [2.45, 2.75) is 6.18 Å². The minimum Gasteiger partial charge on any atom is -0.294 e. The number of alkyl halides is 3. The van der Waals surface area contributed by atoms with Crippen molar-refractivity contribution in [2.75, 3.05) is 0 Å². The van der Waals surface area contributed by atoms with Crippen molar-refractivity contribution in [1.82, 2.24) is 0 Å². The van der Waals surface area contributed by atoms with Gasteiger partial charge < -0.3 is 0 Å². The van der Waals surface area contributed by atoms with Gasteiger partial charge in [0.2, 0.25) is 0 Å². The molecule has 0 spiro atoms. The molecule has 0 fully saturated rings. The Hall–Kier alpha value is -2.25. The Labute approximate surface area is 113 Å². The van der Waals surface area contributed by atoms with Crippen LogP contribution in [0.15, 0.2) is 30.3 Å². The van der Waals surface area contributed by atoms with Gasteiger partial charge in [-0.2, -0.15) is 13.2 Å². The molecule has 0 aromatic heterocycles. The molecule has 0 heterocycles. The first-order valence-electron chi connectivity index (χ1n) is 5.39. The van der Waals surface area contributed by atoms with Gasteiger partial charge in [0.05, 0.1) is 0 Å². The van der Waals surface area contributed by atoms with Crippen LogP contribution in [-0.2, 0) is 6.18 Å². The molecule has 1 nitrogen and oxygen atoms in total. The number of rotatable bonds is 2. The van der Waals surface area contributed by atoms with Gasteiger partial charge in [-0.05, 0) is 29.8 Å². The highest BCUT2D eigenvalue weighted by molar-refractivity contribution is 5.65. The van der Waals surface area contributed by atoms with Crippen molar-refractivity contribution in [3.63, 3.8) is 0 Å². The highest BCUT2D eigenvalue weighted by Gasteiger charge is 2.38.